The van der Waals surface area contributed by atoms with Crippen molar-refractivity contribution in [1.82, 2.24) is 5.32 Å². The van der Waals surface area contributed by atoms with Crippen LogP contribution in [0.1, 0.15) is 26.7 Å². The third kappa shape index (κ3) is 1.13. The van der Waals surface area contributed by atoms with Crippen molar-refractivity contribution in [1.29, 1.82) is 0 Å². The molecule has 0 aromatic rings. The Bertz CT molecular complexity index is 163. The van der Waals surface area contributed by atoms with Crippen molar-refractivity contribution in [3.8, 4) is 0 Å². The average Bonchev–Trinajstić information content (AvgIpc) is 2.32. The minimum atomic E-state index is -0.294. The first-order chi connectivity index (χ1) is 5.16. The number of nitrogens with one attached hydrogen (secondary N) is 1. The normalized spacial score (nSPS) is 28.6. The van der Waals surface area contributed by atoms with E-state index >= 15 is 0 Å². The summed E-state index contributed by atoms with van der Waals surface area (Å²) in [5.74, 6) is 0.00806. The number of hydrogen-bond acceptors (Lipinski definition) is 2. The maximum Gasteiger partial charge on any atom is 0.237 e. The highest BCUT2D eigenvalue weighted by atomic mass is 16.2. The van der Waals surface area contributed by atoms with Crippen LogP contribution in [0, 0.1) is 5.41 Å². The average molecular weight is 156 g/mol. The number of amides is 1. The Kier molecular flexibility index (Phi) is 2.18. The van der Waals surface area contributed by atoms with Gasteiger partial charge in [0.1, 0.15) is 0 Å². The molecular weight excluding hydrogens is 140 g/mol. The van der Waals surface area contributed by atoms with Gasteiger partial charge in [0.05, 0.1) is 6.04 Å². The van der Waals surface area contributed by atoms with Gasteiger partial charge in [-0.25, -0.2) is 0 Å². The molecule has 3 N–H and O–H groups in total. The van der Waals surface area contributed by atoms with Crippen molar-refractivity contribution in [2.24, 2.45) is 11.1 Å². The van der Waals surface area contributed by atoms with Crippen LogP contribution in [0.15, 0.2) is 0 Å². The zero-order chi connectivity index (χ0) is 8.48. The Hall–Kier alpha value is -0.570. The molecule has 1 fully saturated rings. The van der Waals surface area contributed by atoms with Gasteiger partial charge in [0.15, 0.2) is 0 Å². The fraction of sp³-hybridized carbons (Fsp3) is 0.875. The highest BCUT2D eigenvalue weighted by Crippen LogP contribution is 2.32. The molecule has 1 saturated heterocycles. The van der Waals surface area contributed by atoms with Gasteiger partial charge in [0.2, 0.25) is 5.91 Å². The predicted octanol–water partition coefficient (Wildman–Crippen LogP) is 0.250. The van der Waals surface area contributed by atoms with Crippen molar-refractivity contribution in [2.75, 3.05) is 6.54 Å². The lowest BCUT2D eigenvalue weighted by Gasteiger charge is -2.27. The van der Waals surface area contributed by atoms with Crippen molar-refractivity contribution in [3.05, 3.63) is 0 Å². The summed E-state index contributed by atoms with van der Waals surface area (Å²) in [4.78, 5) is 11.1. The molecular formula is C8H16N2O. The first-order valence-corrected chi connectivity index (χ1v) is 4.19. The van der Waals surface area contributed by atoms with Crippen LogP contribution in [0.5, 0.6) is 0 Å². The van der Waals surface area contributed by atoms with Crippen LogP contribution in [0.3, 0.4) is 0 Å². The molecule has 0 saturated carbocycles. The van der Waals surface area contributed by atoms with Crippen LogP contribution in [0.25, 0.3) is 0 Å². The van der Waals surface area contributed by atoms with E-state index in [9.17, 15) is 4.79 Å². The van der Waals surface area contributed by atoms with E-state index in [4.69, 9.17) is 5.73 Å². The molecule has 0 aliphatic carbocycles. The van der Waals surface area contributed by atoms with Gasteiger partial charge < -0.3 is 11.1 Å². The summed E-state index contributed by atoms with van der Waals surface area (Å²) in [5.41, 5.74) is 5.79. The van der Waals surface area contributed by atoms with Crippen molar-refractivity contribution in [3.63, 3.8) is 0 Å². The third-order valence-corrected chi connectivity index (χ3v) is 2.97. The summed E-state index contributed by atoms with van der Waals surface area (Å²) >= 11 is 0. The maximum atomic E-state index is 11.1. The molecule has 1 rings (SSSR count). The Morgan fingerprint density at radius 3 is 2.36 bits per heavy atom. The maximum absolute atomic E-state index is 11.1. The summed E-state index contributed by atoms with van der Waals surface area (Å²) in [5, 5.41) is 2.80. The SMILES string of the molecule is CCC1(CC)CNC(=O)C1N. The molecule has 0 bridgehead atoms. The highest BCUT2D eigenvalue weighted by Gasteiger charge is 2.43. The van der Waals surface area contributed by atoms with Gasteiger partial charge in [0.25, 0.3) is 0 Å². The van der Waals surface area contributed by atoms with Crippen molar-refractivity contribution in [2.45, 2.75) is 32.7 Å². The van der Waals surface area contributed by atoms with Gasteiger partial charge in [0, 0.05) is 12.0 Å². The zero-order valence-electron chi connectivity index (χ0n) is 7.18. The smallest absolute Gasteiger partial charge is 0.237 e. The second kappa shape index (κ2) is 2.81. The monoisotopic (exact) mass is 156 g/mol. The minimum Gasteiger partial charge on any atom is -0.354 e. The van der Waals surface area contributed by atoms with E-state index in [1.165, 1.54) is 0 Å². The molecule has 1 aliphatic rings. The summed E-state index contributed by atoms with van der Waals surface area (Å²) < 4.78 is 0. The Labute approximate surface area is 67.3 Å². The summed E-state index contributed by atoms with van der Waals surface area (Å²) in [7, 11) is 0. The lowest BCUT2D eigenvalue weighted by atomic mass is 9.78. The molecule has 1 unspecified atom stereocenters. The molecule has 0 spiro atoms. The molecule has 0 aromatic carbocycles. The highest BCUT2D eigenvalue weighted by molar-refractivity contribution is 5.85. The van der Waals surface area contributed by atoms with Gasteiger partial charge in [-0.15, -0.1) is 0 Å². The van der Waals surface area contributed by atoms with Gasteiger partial charge in [-0.2, -0.15) is 0 Å². The van der Waals surface area contributed by atoms with Crippen LogP contribution in [-0.2, 0) is 4.79 Å². The van der Waals surface area contributed by atoms with Gasteiger partial charge >= 0.3 is 0 Å². The molecule has 1 aliphatic heterocycles. The number of carbonyl (C=O) groups is 1. The third-order valence-electron chi connectivity index (χ3n) is 2.97. The minimum absolute atomic E-state index is 0.00806. The van der Waals surface area contributed by atoms with Gasteiger partial charge in [-0.3, -0.25) is 4.79 Å². The van der Waals surface area contributed by atoms with E-state index in [1.54, 1.807) is 0 Å². The molecule has 0 aromatic heterocycles. The van der Waals surface area contributed by atoms with Crippen LogP contribution < -0.4 is 11.1 Å². The molecule has 1 amide bonds. The van der Waals surface area contributed by atoms with Gasteiger partial charge in [-0.05, 0) is 12.8 Å². The topological polar surface area (TPSA) is 55.1 Å². The van der Waals surface area contributed by atoms with Crippen LogP contribution >= 0.6 is 0 Å². The Morgan fingerprint density at radius 2 is 2.18 bits per heavy atom. The number of carbonyl (C=O) groups excluding carboxylic acids is 1. The quantitative estimate of drug-likeness (QED) is 0.602. The van der Waals surface area contributed by atoms with E-state index in [2.05, 4.69) is 19.2 Å². The molecule has 11 heavy (non-hydrogen) atoms. The van der Waals surface area contributed by atoms with Crippen LogP contribution in [0.2, 0.25) is 0 Å². The largest absolute Gasteiger partial charge is 0.354 e. The Balaban J connectivity index is 2.77. The first-order valence-electron chi connectivity index (χ1n) is 4.19. The summed E-state index contributed by atoms with van der Waals surface area (Å²) in [6.45, 7) is 4.92. The fourth-order valence-electron chi connectivity index (χ4n) is 1.70. The van der Waals surface area contributed by atoms with Crippen molar-refractivity contribution >= 4 is 5.91 Å². The Morgan fingerprint density at radius 1 is 1.64 bits per heavy atom. The lowest BCUT2D eigenvalue weighted by molar-refractivity contribution is -0.121. The van der Waals surface area contributed by atoms with E-state index in [0.29, 0.717) is 0 Å². The van der Waals surface area contributed by atoms with E-state index in [-0.39, 0.29) is 17.4 Å². The van der Waals surface area contributed by atoms with E-state index in [0.717, 1.165) is 19.4 Å². The molecule has 3 heteroatoms. The standard InChI is InChI=1S/C8H16N2O/c1-3-8(4-2)5-10-7(11)6(8)9/h6H,3-5,9H2,1-2H3,(H,10,11). The predicted molar refractivity (Wildman–Crippen MR) is 44.0 cm³/mol. The number of rotatable bonds is 2. The lowest BCUT2D eigenvalue weighted by Crippen LogP contribution is -2.42. The van der Waals surface area contributed by atoms with Crippen molar-refractivity contribution < 1.29 is 4.79 Å². The molecule has 3 nitrogen and oxygen atoms in total. The molecule has 64 valence electrons. The summed E-state index contributed by atoms with van der Waals surface area (Å²) in [6, 6.07) is -0.294. The molecule has 0 radical (unpaired) electrons. The molecule has 1 atom stereocenters. The van der Waals surface area contributed by atoms with E-state index < -0.39 is 0 Å². The number of hydrogen-bond donors (Lipinski definition) is 2. The second-order valence-electron chi connectivity index (χ2n) is 3.26. The van der Waals surface area contributed by atoms with Crippen LogP contribution in [-0.4, -0.2) is 18.5 Å². The first kappa shape index (κ1) is 8.53. The number of nitrogens with two attached hydrogens (primary N) is 1. The van der Waals surface area contributed by atoms with Gasteiger partial charge in [-0.1, -0.05) is 13.8 Å². The zero-order valence-corrected chi connectivity index (χ0v) is 7.18. The van der Waals surface area contributed by atoms with E-state index in [1.807, 2.05) is 0 Å². The van der Waals surface area contributed by atoms with Crippen LogP contribution in [0.4, 0.5) is 0 Å². The summed E-state index contributed by atoms with van der Waals surface area (Å²) in [6.07, 6.45) is 1.95. The molecule has 1 heterocycles. The second-order valence-corrected chi connectivity index (χ2v) is 3.26. The fourth-order valence-corrected chi connectivity index (χ4v) is 1.70.